The van der Waals surface area contributed by atoms with Gasteiger partial charge in [0.1, 0.15) is 0 Å². The van der Waals surface area contributed by atoms with Gasteiger partial charge in [-0.25, -0.2) is 0 Å². The number of hydrogen-bond donors (Lipinski definition) is 0. The fourth-order valence-electron chi connectivity index (χ4n) is 3.68. The minimum Gasteiger partial charge on any atom is -0.381 e. The number of hydrogen-bond acceptors (Lipinski definition) is 3. The van der Waals surface area contributed by atoms with E-state index in [4.69, 9.17) is 4.74 Å². The van der Waals surface area contributed by atoms with E-state index in [9.17, 15) is 0 Å². The van der Waals surface area contributed by atoms with Crippen LogP contribution < -0.4 is 0 Å². The molecule has 3 heteroatoms. The molecule has 0 aliphatic carbocycles. The lowest BCUT2D eigenvalue weighted by molar-refractivity contribution is 0.125. The molecule has 0 aliphatic heterocycles. The molecule has 27 heavy (non-hydrogen) atoms. The topological polar surface area (TPSA) is 15.7 Å². The lowest BCUT2D eigenvalue weighted by Crippen LogP contribution is -2.23. The van der Waals surface area contributed by atoms with Crippen molar-refractivity contribution in [1.82, 2.24) is 9.80 Å². The van der Waals surface area contributed by atoms with Gasteiger partial charge >= 0.3 is 0 Å². The smallest absolute Gasteiger partial charge is 0.0466 e. The number of nitrogens with zero attached hydrogens (tertiary/aromatic N) is 2. The van der Waals surface area contributed by atoms with Crippen LogP contribution in [0.25, 0.3) is 0 Å². The third-order valence-corrected chi connectivity index (χ3v) is 5.81. The second kappa shape index (κ2) is 22.2. The Hall–Kier alpha value is -0.120. The molecule has 0 radical (unpaired) electrons. The van der Waals surface area contributed by atoms with Crippen LogP contribution >= 0.6 is 0 Å². The summed E-state index contributed by atoms with van der Waals surface area (Å²) >= 11 is 0. The van der Waals surface area contributed by atoms with Crippen LogP contribution in [-0.2, 0) is 4.74 Å². The van der Waals surface area contributed by atoms with Crippen LogP contribution in [0, 0.1) is 0 Å². The molecule has 164 valence electrons. The molecule has 0 fully saturated rings. The molecule has 0 aromatic rings. The van der Waals surface area contributed by atoms with Gasteiger partial charge in [-0.1, -0.05) is 79.1 Å². The first-order valence-electron chi connectivity index (χ1n) is 12.3. The maximum Gasteiger partial charge on any atom is 0.0466 e. The molecule has 0 unspecified atom stereocenters. The van der Waals surface area contributed by atoms with E-state index in [1.165, 1.54) is 116 Å². The van der Waals surface area contributed by atoms with E-state index in [1.54, 1.807) is 0 Å². The Morgan fingerprint density at radius 1 is 0.407 bits per heavy atom. The SMILES string of the molecule is CCN(CC)CCCCCCCCOCCCCCCCCN(CC)CC. The van der Waals surface area contributed by atoms with E-state index in [0.717, 1.165) is 13.2 Å². The van der Waals surface area contributed by atoms with Crippen molar-refractivity contribution in [2.75, 3.05) is 52.5 Å². The van der Waals surface area contributed by atoms with Crippen LogP contribution in [0.1, 0.15) is 105 Å². The van der Waals surface area contributed by atoms with Gasteiger partial charge in [0.2, 0.25) is 0 Å². The Bertz CT molecular complexity index is 239. The van der Waals surface area contributed by atoms with Crippen molar-refractivity contribution in [2.45, 2.75) is 105 Å². The summed E-state index contributed by atoms with van der Waals surface area (Å²) in [5.74, 6) is 0. The van der Waals surface area contributed by atoms with Gasteiger partial charge in [-0.2, -0.15) is 0 Å². The second-order valence-corrected chi connectivity index (χ2v) is 7.91. The Labute approximate surface area is 172 Å². The lowest BCUT2D eigenvalue weighted by Gasteiger charge is -2.17. The number of rotatable bonds is 22. The molecule has 0 rings (SSSR count). The first-order chi connectivity index (χ1) is 13.3. The molecule has 0 aliphatic rings. The zero-order chi connectivity index (χ0) is 20.0. The Morgan fingerprint density at radius 2 is 0.704 bits per heavy atom. The predicted molar refractivity (Wildman–Crippen MR) is 122 cm³/mol. The minimum absolute atomic E-state index is 0.976. The summed E-state index contributed by atoms with van der Waals surface area (Å²) in [4.78, 5) is 5.06. The van der Waals surface area contributed by atoms with E-state index >= 15 is 0 Å². The minimum atomic E-state index is 0.976. The van der Waals surface area contributed by atoms with E-state index in [1.807, 2.05) is 0 Å². The standard InChI is InChI=1S/C24H52N2O/c1-5-25(6-2)21-17-13-9-11-15-19-23-27-24-20-16-12-10-14-18-22-26(7-3)8-4/h5-24H2,1-4H3. The number of ether oxygens (including phenoxy) is 1. The van der Waals surface area contributed by atoms with Crippen molar-refractivity contribution in [3.05, 3.63) is 0 Å². The summed E-state index contributed by atoms with van der Waals surface area (Å²) < 4.78 is 5.80. The van der Waals surface area contributed by atoms with Crippen molar-refractivity contribution in [2.24, 2.45) is 0 Å². The van der Waals surface area contributed by atoms with Gasteiger partial charge < -0.3 is 14.5 Å². The summed E-state index contributed by atoms with van der Waals surface area (Å²) in [7, 11) is 0. The molecule has 0 bridgehead atoms. The van der Waals surface area contributed by atoms with Gasteiger partial charge in [-0.05, 0) is 65.0 Å². The zero-order valence-electron chi connectivity index (χ0n) is 19.4. The van der Waals surface area contributed by atoms with Crippen LogP contribution in [0.2, 0.25) is 0 Å². The summed E-state index contributed by atoms with van der Waals surface area (Å²) in [5.41, 5.74) is 0. The Morgan fingerprint density at radius 3 is 1.04 bits per heavy atom. The van der Waals surface area contributed by atoms with Gasteiger partial charge in [0.15, 0.2) is 0 Å². The third-order valence-electron chi connectivity index (χ3n) is 5.81. The summed E-state index contributed by atoms with van der Waals surface area (Å²) in [6.45, 7) is 18.4. The summed E-state index contributed by atoms with van der Waals surface area (Å²) in [5, 5.41) is 0. The van der Waals surface area contributed by atoms with E-state index in [2.05, 4.69) is 37.5 Å². The summed E-state index contributed by atoms with van der Waals surface area (Å²) in [6, 6.07) is 0. The molecule has 0 heterocycles. The van der Waals surface area contributed by atoms with Gasteiger partial charge in [0, 0.05) is 13.2 Å². The largest absolute Gasteiger partial charge is 0.381 e. The van der Waals surface area contributed by atoms with Gasteiger partial charge in [-0.3, -0.25) is 0 Å². The van der Waals surface area contributed by atoms with Crippen molar-refractivity contribution >= 4 is 0 Å². The molecule has 0 aromatic heterocycles. The van der Waals surface area contributed by atoms with E-state index in [-0.39, 0.29) is 0 Å². The molecule has 0 aromatic carbocycles. The fourth-order valence-corrected chi connectivity index (χ4v) is 3.68. The molecule has 0 amide bonds. The number of unbranched alkanes of at least 4 members (excludes halogenated alkanes) is 10. The average Bonchev–Trinajstić information content (AvgIpc) is 2.70. The molecule has 0 saturated carbocycles. The van der Waals surface area contributed by atoms with Crippen LogP contribution in [0.3, 0.4) is 0 Å². The Kier molecular flexibility index (Phi) is 22.1. The molecule has 0 atom stereocenters. The van der Waals surface area contributed by atoms with Crippen LogP contribution in [0.4, 0.5) is 0 Å². The lowest BCUT2D eigenvalue weighted by atomic mass is 10.1. The molecular weight excluding hydrogens is 332 g/mol. The maximum atomic E-state index is 5.80. The van der Waals surface area contributed by atoms with Gasteiger partial charge in [0.25, 0.3) is 0 Å². The second-order valence-electron chi connectivity index (χ2n) is 7.91. The highest BCUT2D eigenvalue weighted by molar-refractivity contribution is 4.54. The van der Waals surface area contributed by atoms with Gasteiger partial charge in [-0.15, -0.1) is 0 Å². The zero-order valence-corrected chi connectivity index (χ0v) is 19.4. The van der Waals surface area contributed by atoms with Crippen LogP contribution in [0.5, 0.6) is 0 Å². The molecular formula is C24H52N2O. The first-order valence-corrected chi connectivity index (χ1v) is 12.3. The highest BCUT2D eigenvalue weighted by atomic mass is 16.5. The quantitative estimate of drug-likeness (QED) is 0.202. The molecule has 0 N–H and O–H groups in total. The fraction of sp³-hybridized carbons (Fsp3) is 1.00. The highest BCUT2D eigenvalue weighted by Gasteiger charge is 1.99. The van der Waals surface area contributed by atoms with Crippen molar-refractivity contribution < 1.29 is 4.74 Å². The first kappa shape index (κ1) is 26.9. The van der Waals surface area contributed by atoms with Crippen LogP contribution in [-0.4, -0.2) is 62.3 Å². The molecule has 0 saturated heterocycles. The predicted octanol–water partition coefficient (Wildman–Crippen LogP) is 6.37. The van der Waals surface area contributed by atoms with Crippen molar-refractivity contribution in [3.8, 4) is 0 Å². The van der Waals surface area contributed by atoms with E-state index < -0.39 is 0 Å². The van der Waals surface area contributed by atoms with Crippen LogP contribution in [0.15, 0.2) is 0 Å². The third kappa shape index (κ3) is 19.0. The normalized spacial score (nSPS) is 11.8. The Balaban J connectivity index is 3.11. The van der Waals surface area contributed by atoms with Gasteiger partial charge in [0.05, 0.1) is 0 Å². The van der Waals surface area contributed by atoms with Crippen molar-refractivity contribution in [3.63, 3.8) is 0 Å². The van der Waals surface area contributed by atoms with E-state index in [0.29, 0.717) is 0 Å². The maximum absolute atomic E-state index is 5.80. The average molecular weight is 385 g/mol. The van der Waals surface area contributed by atoms with Crippen molar-refractivity contribution in [1.29, 1.82) is 0 Å². The highest BCUT2D eigenvalue weighted by Crippen LogP contribution is 2.08. The molecule has 3 nitrogen and oxygen atoms in total. The summed E-state index contributed by atoms with van der Waals surface area (Å²) in [6.07, 6.45) is 16.3. The monoisotopic (exact) mass is 384 g/mol. The molecule has 0 spiro atoms.